The molecule has 2 N–H and O–H groups in total. The van der Waals surface area contributed by atoms with Crippen molar-refractivity contribution in [2.24, 2.45) is 0 Å². The van der Waals surface area contributed by atoms with Crippen LogP contribution in [0.2, 0.25) is 0 Å². The molecule has 5 heteroatoms. The van der Waals surface area contributed by atoms with E-state index in [0.29, 0.717) is 18.8 Å². The topological polar surface area (TPSA) is 62.5 Å². The Morgan fingerprint density at radius 1 is 1.32 bits per heavy atom. The van der Waals surface area contributed by atoms with Crippen molar-refractivity contribution in [2.45, 2.75) is 20.0 Å². The molecule has 4 nitrogen and oxygen atoms in total. The fourth-order valence-corrected chi connectivity index (χ4v) is 2.20. The van der Waals surface area contributed by atoms with E-state index in [2.05, 4.69) is 21.2 Å². The molecule has 0 fully saturated rings. The number of benzene rings is 1. The Kier molecular flexibility index (Phi) is 4.39. The zero-order chi connectivity index (χ0) is 13.8. The first-order valence-electron chi connectivity index (χ1n) is 5.84. The largest absolute Gasteiger partial charge is 0.475 e. The molecule has 0 unspecified atom stereocenters. The molecule has 0 bridgehead atoms. The van der Waals surface area contributed by atoms with Gasteiger partial charge >= 0.3 is 5.97 Å². The maximum absolute atomic E-state index is 10.8. The number of carboxylic acids is 1. The standard InChI is InChI=1S/C14H14BrNO3/c1-9-11(6-13(19-9)14(17)18)8-16-7-10-4-2-3-5-12(10)15/h2-6,16H,7-8H2,1H3,(H,17,18). The lowest BCUT2D eigenvalue weighted by molar-refractivity contribution is 0.0661. The number of aryl methyl sites for hydroxylation is 1. The van der Waals surface area contributed by atoms with Crippen LogP contribution in [0, 0.1) is 6.92 Å². The van der Waals surface area contributed by atoms with Crippen molar-refractivity contribution in [3.05, 3.63) is 57.5 Å². The van der Waals surface area contributed by atoms with Gasteiger partial charge in [0.25, 0.3) is 0 Å². The second-order valence-electron chi connectivity index (χ2n) is 4.19. The summed E-state index contributed by atoms with van der Waals surface area (Å²) in [5.74, 6) is -0.424. The normalized spacial score (nSPS) is 10.6. The number of nitrogens with one attached hydrogen (secondary N) is 1. The molecule has 0 saturated heterocycles. The minimum atomic E-state index is -1.04. The van der Waals surface area contributed by atoms with Crippen molar-refractivity contribution in [2.75, 3.05) is 0 Å². The second kappa shape index (κ2) is 6.04. The average Bonchev–Trinajstić information content (AvgIpc) is 2.74. The quantitative estimate of drug-likeness (QED) is 0.885. The molecule has 1 aromatic carbocycles. The van der Waals surface area contributed by atoms with Gasteiger partial charge in [0.05, 0.1) is 0 Å². The van der Waals surface area contributed by atoms with E-state index in [1.807, 2.05) is 24.3 Å². The van der Waals surface area contributed by atoms with Gasteiger partial charge in [0.1, 0.15) is 5.76 Å². The van der Waals surface area contributed by atoms with Gasteiger partial charge in [0, 0.05) is 23.1 Å². The van der Waals surface area contributed by atoms with Gasteiger partial charge in [-0.2, -0.15) is 0 Å². The number of halogens is 1. The van der Waals surface area contributed by atoms with Crippen LogP contribution in [0.4, 0.5) is 0 Å². The number of hydrogen-bond acceptors (Lipinski definition) is 3. The average molecular weight is 324 g/mol. The van der Waals surface area contributed by atoms with Crippen molar-refractivity contribution in [3.8, 4) is 0 Å². The van der Waals surface area contributed by atoms with Gasteiger partial charge in [-0.1, -0.05) is 34.1 Å². The monoisotopic (exact) mass is 323 g/mol. The van der Waals surface area contributed by atoms with Gasteiger partial charge in [-0.3, -0.25) is 0 Å². The lowest BCUT2D eigenvalue weighted by Crippen LogP contribution is -2.13. The van der Waals surface area contributed by atoms with Crippen molar-refractivity contribution < 1.29 is 14.3 Å². The number of furan rings is 1. The van der Waals surface area contributed by atoms with Crippen LogP contribution >= 0.6 is 15.9 Å². The first kappa shape index (κ1) is 13.8. The summed E-state index contributed by atoms with van der Waals surface area (Å²) in [6.07, 6.45) is 0. The van der Waals surface area contributed by atoms with E-state index in [9.17, 15) is 4.79 Å². The third kappa shape index (κ3) is 3.45. The molecular formula is C14H14BrNO3. The molecule has 0 aliphatic heterocycles. The summed E-state index contributed by atoms with van der Waals surface area (Å²) in [4.78, 5) is 10.8. The molecule has 0 spiro atoms. The number of rotatable bonds is 5. The van der Waals surface area contributed by atoms with E-state index < -0.39 is 5.97 Å². The maximum Gasteiger partial charge on any atom is 0.371 e. The van der Waals surface area contributed by atoms with Crippen LogP contribution in [-0.2, 0) is 13.1 Å². The number of hydrogen-bond donors (Lipinski definition) is 2. The third-order valence-corrected chi connectivity index (χ3v) is 3.59. The maximum atomic E-state index is 10.8. The van der Waals surface area contributed by atoms with E-state index in [1.54, 1.807) is 13.0 Å². The molecule has 0 atom stereocenters. The predicted octanol–water partition coefficient (Wildman–Crippen LogP) is 3.34. The summed E-state index contributed by atoms with van der Waals surface area (Å²) in [6.45, 7) is 3.04. The smallest absolute Gasteiger partial charge is 0.371 e. The predicted molar refractivity (Wildman–Crippen MR) is 75.1 cm³/mol. The summed E-state index contributed by atoms with van der Waals surface area (Å²) in [7, 11) is 0. The van der Waals surface area contributed by atoms with Crippen LogP contribution in [0.25, 0.3) is 0 Å². The molecule has 2 aromatic rings. The molecule has 0 aliphatic carbocycles. The minimum Gasteiger partial charge on any atom is -0.475 e. The highest BCUT2D eigenvalue weighted by molar-refractivity contribution is 9.10. The molecule has 1 aromatic heterocycles. The van der Waals surface area contributed by atoms with E-state index in [-0.39, 0.29) is 5.76 Å². The van der Waals surface area contributed by atoms with Crippen molar-refractivity contribution >= 4 is 21.9 Å². The van der Waals surface area contributed by atoms with E-state index >= 15 is 0 Å². The number of carboxylic acid groups (broad SMARTS) is 1. The molecule has 0 radical (unpaired) electrons. The molecule has 19 heavy (non-hydrogen) atoms. The summed E-state index contributed by atoms with van der Waals surface area (Å²) in [6, 6.07) is 9.52. The van der Waals surface area contributed by atoms with Crippen molar-refractivity contribution in [1.82, 2.24) is 5.32 Å². The molecule has 2 rings (SSSR count). The molecule has 0 amide bonds. The molecule has 0 aliphatic rings. The first-order valence-corrected chi connectivity index (χ1v) is 6.64. The summed E-state index contributed by atoms with van der Waals surface area (Å²) in [5.41, 5.74) is 2.02. The Morgan fingerprint density at radius 2 is 2.00 bits per heavy atom. The zero-order valence-corrected chi connectivity index (χ0v) is 12.0. The van der Waals surface area contributed by atoms with Crippen LogP contribution in [0.1, 0.15) is 27.4 Å². The second-order valence-corrected chi connectivity index (χ2v) is 5.05. The lowest BCUT2D eigenvalue weighted by Gasteiger charge is -2.05. The van der Waals surface area contributed by atoms with Gasteiger partial charge in [-0.15, -0.1) is 0 Å². The molecule has 0 saturated carbocycles. The molecule has 100 valence electrons. The zero-order valence-electron chi connectivity index (χ0n) is 10.4. The van der Waals surface area contributed by atoms with Crippen LogP contribution in [0.3, 0.4) is 0 Å². The molecule has 1 heterocycles. The van der Waals surface area contributed by atoms with Crippen molar-refractivity contribution in [1.29, 1.82) is 0 Å². The number of carbonyl (C=O) groups is 1. The number of aromatic carboxylic acids is 1. The van der Waals surface area contributed by atoms with Gasteiger partial charge in [0.2, 0.25) is 5.76 Å². The van der Waals surface area contributed by atoms with Crippen LogP contribution < -0.4 is 5.32 Å². The lowest BCUT2D eigenvalue weighted by atomic mass is 10.2. The van der Waals surface area contributed by atoms with Gasteiger partial charge in [0.15, 0.2) is 0 Å². The SMILES string of the molecule is Cc1oc(C(=O)O)cc1CNCc1ccccc1Br. The summed E-state index contributed by atoms with van der Waals surface area (Å²) in [5, 5.41) is 12.1. The Bertz CT molecular complexity index is 592. The van der Waals surface area contributed by atoms with Gasteiger partial charge < -0.3 is 14.8 Å². The highest BCUT2D eigenvalue weighted by Crippen LogP contribution is 2.17. The third-order valence-electron chi connectivity index (χ3n) is 2.82. The molecular weight excluding hydrogens is 310 g/mol. The Balaban J connectivity index is 1.96. The van der Waals surface area contributed by atoms with Crippen molar-refractivity contribution in [3.63, 3.8) is 0 Å². The highest BCUT2D eigenvalue weighted by Gasteiger charge is 2.12. The first-order chi connectivity index (χ1) is 9.08. The van der Waals surface area contributed by atoms with Gasteiger partial charge in [-0.25, -0.2) is 4.79 Å². The van der Waals surface area contributed by atoms with Crippen LogP contribution in [0.5, 0.6) is 0 Å². The Morgan fingerprint density at radius 3 is 2.63 bits per heavy atom. The Hall–Kier alpha value is -1.59. The highest BCUT2D eigenvalue weighted by atomic mass is 79.9. The Labute approximate surface area is 119 Å². The summed E-state index contributed by atoms with van der Waals surface area (Å²) >= 11 is 3.48. The van der Waals surface area contributed by atoms with Crippen LogP contribution in [-0.4, -0.2) is 11.1 Å². The van der Waals surface area contributed by atoms with E-state index in [4.69, 9.17) is 9.52 Å². The minimum absolute atomic E-state index is 0.0183. The van der Waals surface area contributed by atoms with Crippen LogP contribution in [0.15, 0.2) is 39.2 Å². The van der Waals surface area contributed by atoms with Gasteiger partial charge in [-0.05, 0) is 24.6 Å². The fourth-order valence-electron chi connectivity index (χ4n) is 1.77. The van der Waals surface area contributed by atoms with E-state index in [0.717, 1.165) is 15.6 Å². The van der Waals surface area contributed by atoms with E-state index in [1.165, 1.54) is 0 Å². The fraction of sp³-hybridized carbons (Fsp3) is 0.214. The summed E-state index contributed by atoms with van der Waals surface area (Å²) < 4.78 is 6.21.